The quantitative estimate of drug-likeness (QED) is 0.839. The summed E-state index contributed by atoms with van der Waals surface area (Å²) in [5, 5.41) is 23.7. The standard InChI is InChI=1S/C19H17FN2O3S/c20-12-7-5-11(6-8-12)16-10-26-18(15(16)9-21)22-17(23)13-3-1-2-4-14(13)19(24)25/h5-8,10,13-14H,1-4H2,(H,22,23)(H,24,25). The number of carbonyl (C=O) groups is 2. The highest BCUT2D eigenvalue weighted by Crippen LogP contribution is 2.37. The van der Waals surface area contributed by atoms with E-state index in [4.69, 9.17) is 0 Å². The van der Waals surface area contributed by atoms with Crippen molar-refractivity contribution in [3.8, 4) is 17.2 Å². The van der Waals surface area contributed by atoms with Gasteiger partial charge in [-0.05, 0) is 30.5 Å². The van der Waals surface area contributed by atoms with Crippen LogP contribution in [0.5, 0.6) is 0 Å². The minimum atomic E-state index is -0.955. The van der Waals surface area contributed by atoms with Crippen LogP contribution in [0.25, 0.3) is 11.1 Å². The van der Waals surface area contributed by atoms with Crippen molar-refractivity contribution in [2.45, 2.75) is 25.7 Å². The predicted molar refractivity (Wildman–Crippen MR) is 96.1 cm³/mol. The number of nitriles is 1. The van der Waals surface area contributed by atoms with E-state index in [0.29, 0.717) is 34.5 Å². The van der Waals surface area contributed by atoms with Crippen LogP contribution in [0.3, 0.4) is 0 Å². The second-order valence-corrected chi connectivity index (χ2v) is 7.18. The Kier molecular flexibility index (Phi) is 5.33. The predicted octanol–water partition coefficient (Wildman–Crippen LogP) is 4.26. The van der Waals surface area contributed by atoms with E-state index in [2.05, 4.69) is 11.4 Å². The van der Waals surface area contributed by atoms with Crippen molar-refractivity contribution in [1.29, 1.82) is 5.26 Å². The largest absolute Gasteiger partial charge is 0.481 e. The minimum Gasteiger partial charge on any atom is -0.481 e. The van der Waals surface area contributed by atoms with E-state index in [1.807, 2.05) is 0 Å². The van der Waals surface area contributed by atoms with Crippen LogP contribution in [0.4, 0.5) is 9.39 Å². The number of nitrogens with zero attached hydrogens (tertiary/aromatic N) is 1. The lowest BCUT2D eigenvalue weighted by Gasteiger charge is -2.27. The zero-order chi connectivity index (χ0) is 18.7. The molecule has 0 saturated heterocycles. The molecule has 1 aliphatic carbocycles. The van der Waals surface area contributed by atoms with Gasteiger partial charge < -0.3 is 10.4 Å². The third kappa shape index (κ3) is 3.60. The molecule has 1 aromatic carbocycles. The normalized spacial score (nSPS) is 19.5. The first-order chi connectivity index (χ1) is 12.5. The zero-order valence-electron chi connectivity index (χ0n) is 13.9. The number of thiophene rings is 1. The van der Waals surface area contributed by atoms with Crippen molar-refractivity contribution in [3.05, 3.63) is 41.0 Å². The SMILES string of the molecule is N#Cc1c(-c2ccc(F)cc2)csc1NC(=O)C1CCCCC1C(=O)O. The van der Waals surface area contributed by atoms with Gasteiger partial charge in [-0.3, -0.25) is 9.59 Å². The molecule has 2 unspecified atom stereocenters. The molecule has 134 valence electrons. The second kappa shape index (κ2) is 7.67. The monoisotopic (exact) mass is 372 g/mol. The number of aliphatic carboxylic acids is 1. The van der Waals surface area contributed by atoms with Gasteiger partial charge in [0, 0.05) is 10.9 Å². The number of amides is 1. The highest BCUT2D eigenvalue weighted by molar-refractivity contribution is 7.15. The van der Waals surface area contributed by atoms with E-state index < -0.39 is 17.8 Å². The Labute approximate surface area is 154 Å². The van der Waals surface area contributed by atoms with Gasteiger partial charge in [-0.2, -0.15) is 5.26 Å². The molecule has 26 heavy (non-hydrogen) atoms. The zero-order valence-corrected chi connectivity index (χ0v) is 14.7. The first kappa shape index (κ1) is 18.1. The summed E-state index contributed by atoms with van der Waals surface area (Å²) in [5.41, 5.74) is 1.60. The lowest BCUT2D eigenvalue weighted by Crippen LogP contribution is -2.36. The van der Waals surface area contributed by atoms with Crippen LogP contribution in [0.1, 0.15) is 31.2 Å². The van der Waals surface area contributed by atoms with E-state index in [1.54, 1.807) is 17.5 Å². The summed E-state index contributed by atoms with van der Waals surface area (Å²) in [5.74, 6) is -2.97. The highest BCUT2D eigenvalue weighted by atomic mass is 32.1. The van der Waals surface area contributed by atoms with Gasteiger partial charge in [0.15, 0.2) is 0 Å². The molecule has 5 nitrogen and oxygen atoms in total. The molecule has 1 amide bonds. The molecule has 2 aromatic rings. The summed E-state index contributed by atoms with van der Waals surface area (Å²) < 4.78 is 13.1. The molecular weight excluding hydrogens is 355 g/mol. The van der Waals surface area contributed by atoms with Gasteiger partial charge in [0.2, 0.25) is 5.91 Å². The number of anilines is 1. The summed E-state index contributed by atoms with van der Waals surface area (Å²) in [7, 11) is 0. The molecule has 2 N–H and O–H groups in total. The topological polar surface area (TPSA) is 90.2 Å². The van der Waals surface area contributed by atoms with Crippen LogP contribution in [0.2, 0.25) is 0 Å². The maximum Gasteiger partial charge on any atom is 0.307 e. The van der Waals surface area contributed by atoms with Crippen molar-refractivity contribution in [2.75, 3.05) is 5.32 Å². The molecule has 0 spiro atoms. The molecule has 1 saturated carbocycles. The fourth-order valence-electron chi connectivity index (χ4n) is 3.35. The number of hydrogen-bond donors (Lipinski definition) is 2. The van der Waals surface area contributed by atoms with Crippen LogP contribution in [-0.2, 0) is 9.59 Å². The number of halogens is 1. The molecule has 0 radical (unpaired) electrons. The van der Waals surface area contributed by atoms with Crippen LogP contribution < -0.4 is 5.32 Å². The summed E-state index contributed by atoms with van der Waals surface area (Å²) >= 11 is 1.21. The fraction of sp³-hybridized carbons (Fsp3) is 0.316. The van der Waals surface area contributed by atoms with Crippen molar-refractivity contribution in [2.24, 2.45) is 11.8 Å². The molecular formula is C19H17FN2O3S. The van der Waals surface area contributed by atoms with Gasteiger partial charge in [0.05, 0.1) is 17.4 Å². The number of carbonyl (C=O) groups excluding carboxylic acids is 1. The molecule has 3 rings (SSSR count). The van der Waals surface area contributed by atoms with Gasteiger partial charge in [-0.25, -0.2) is 4.39 Å². The number of carboxylic acids is 1. The van der Waals surface area contributed by atoms with Gasteiger partial charge in [-0.1, -0.05) is 25.0 Å². The molecule has 1 fully saturated rings. The second-order valence-electron chi connectivity index (χ2n) is 6.30. The summed E-state index contributed by atoms with van der Waals surface area (Å²) in [6.45, 7) is 0. The number of carboxylic acid groups (broad SMARTS) is 1. The Morgan fingerprint density at radius 2 is 1.85 bits per heavy atom. The first-order valence-electron chi connectivity index (χ1n) is 8.32. The van der Waals surface area contributed by atoms with Gasteiger partial charge >= 0.3 is 5.97 Å². The Morgan fingerprint density at radius 3 is 2.46 bits per heavy atom. The lowest BCUT2D eigenvalue weighted by atomic mass is 9.79. The molecule has 0 aliphatic heterocycles. The number of benzene rings is 1. The van der Waals surface area contributed by atoms with Gasteiger partial charge in [0.25, 0.3) is 0 Å². The van der Waals surface area contributed by atoms with E-state index in [1.165, 1.54) is 23.5 Å². The average molecular weight is 372 g/mol. The molecule has 1 aromatic heterocycles. The van der Waals surface area contributed by atoms with E-state index in [-0.39, 0.29) is 11.7 Å². The van der Waals surface area contributed by atoms with Crippen LogP contribution in [0.15, 0.2) is 29.6 Å². The summed E-state index contributed by atoms with van der Waals surface area (Å²) in [6, 6.07) is 7.86. The lowest BCUT2D eigenvalue weighted by molar-refractivity contribution is -0.147. The Hall–Kier alpha value is -2.72. The third-order valence-corrected chi connectivity index (χ3v) is 5.61. The molecule has 0 bridgehead atoms. The van der Waals surface area contributed by atoms with Crippen molar-refractivity contribution in [1.82, 2.24) is 0 Å². The van der Waals surface area contributed by atoms with Gasteiger partial charge in [0.1, 0.15) is 16.9 Å². The van der Waals surface area contributed by atoms with Crippen LogP contribution in [0, 0.1) is 29.0 Å². The molecule has 1 aliphatic rings. The minimum absolute atomic E-state index is 0.303. The summed E-state index contributed by atoms with van der Waals surface area (Å²) in [4.78, 5) is 24.0. The van der Waals surface area contributed by atoms with Crippen LogP contribution in [-0.4, -0.2) is 17.0 Å². The van der Waals surface area contributed by atoms with E-state index in [0.717, 1.165) is 12.8 Å². The van der Waals surface area contributed by atoms with Crippen LogP contribution >= 0.6 is 11.3 Å². The van der Waals surface area contributed by atoms with Crippen molar-refractivity contribution >= 4 is 28.2 Å². The highest BCUT2D eigenvalue weighted by Gasteiger charge is 2.36. The third-order valence-electron chi connectivity index (χ3n) is 4.71. The average Bonchev–Trinajstić information content (AvgIpc) is 3.04. The molecule has 2 atom stereocenters. The number of rotatable bonds is 4. The van der Waals surface area contributed by atoms with Crippen molar-refractivity contribution in [3.63, 3.8) is 0 Å². The number of nitrogens with one attached hydrogen (secondary N) is 1. The van der Waals surface area contributed by atoms with E-state index >= 15 is 0 Å². The Balaban J connectivity index is 1.84. The molecule has 7 heteroatoms. The fourth-order valence-corrected chi connectivity index (χ4v) is 4.27. The Morgan fingerprint density at radius 1 is 1.19 bits per heavy atom. The Bertz CT molecular complexity index is 870. The van der Waals surface area contributed by atoms with Gasteiger partial charge in [-0.15, -0.1) is 11.3 Å². The summed E-state index contributed by atoms with van der Waals surface area (Å²) in [6.07, 6.45) is 2.64. The molecule has 1 heterocycles. The van der Waals surface area contributed by atoms with Crippen molar-refractivity contribution < 1.29 is 19.1 Å². The maximum atomic E-state index is 13.1. The maximum absolute atomic E-state index is 13.1. The number of hydrogen-bond acceptors (Lipinski definition) is 4. The van der Waals surface area contributed by atoms with E-state index in [9.17, 15) is 24.3 Å². The smallest absolute Gasteiger partial charge is 0.307 e. The first-order valence-corrected chi connectivity index (χ1v) is 9.20.